The molecule has 3 heterocycles. The van der Waals surface area contributed by atoms with Crippen molar-refractivity contribution in [1.82, 2.24) is 19.7 Å². The maximum Gasteiger partial charge on any atom is 0.137 e. The van der Waals surface area contributed by atoms with Gasteiger partial charge in [0, 0.05) is 32.0 Å². The van der Waals surface area contributed by atoms with Crippen LogP contribution in [-0.4, -0.2) is 45.9 Å². The van der Waals surface area contributed by atoms with Crippen molar-refractivity contribution in [2.24, 2.45) is 0 Å². The Hall–Kier alpha value is -1.88. The summed E-state index contributed by atoms with van der Waals surface area (Å²) in [5.74, 6) is 3.92. The number of piperidine rings is 1. The number of hydrogen-bond donors (Lipinski definition) is 0. The fourth-order valence-corrected chi connectivity index (χ4v) is 4.28. The maximum atomic E-state index is 5.95. The maximum absolute atomic E-state index is 5.95. The molecule has 1 atom stereocenters. The number of aromatic nitrogens is 3. The molecule has 1 aromatic heterocycles. The highest BCUT2D eigenvalue weighted by Crippen LogP contribution is 2.27. The molecule has 5 heteroatoms. The second kappa shape index (κ2) is 8.21. The summed E-state index contributed by atoms with van der Waals surface area (Å²) < 4.78 is 8.37. The average molecular weight is 354 g/mol. The first kappa shape index (κ1) is 17.5. The predicted octanol–water partition coefficient (Wildman–Crippen LogP) is 3.57. The number of fused-ring (bicyclic) bond motifs is 1. The molecule has 4 rings (SSSR count). The van der Waals surface area contributed by atoms with Crippen LogP contribution in [0.3, 0.4) is 0 Å². The zero-order valence-electron chi connectivity index (χ0n) is 15.9. The van der Waals surface area contributed by atoms with Crippen LogP contribution in [0.25, 0.3) is 0 Å². The molecule has 0 radical (unpaired) electrons. The average Bonchev–Trinajstić information content (AvgIpc) is 2.91. The number of nitrogens with zero attached hydrogens (tertiary/aromatic N) is 4. The number of ether oxygens (including phenoxy) is 1. The van der Waals surface area contributed by atoms with Gasteiger partial charge in [0.05, 0.1) is 0 Å². The molecule has 0 saturated carbocycles. The smallest absolute Gasteiger partial charge is 0.137 e. The normalized spacial score (nSPS) is 21.2. The van der Waals surface area contributed by atoms with Crippen LogP contribution in [0.4, 0.5) is 0 Å². The first-order valence-corrected chi connectivity index (χ1v) is 10.1. The van der Waals surface area contributed by atoms with E-state index in [1.54, 1.807) is 0 Å². The fraction of sp³-hybridized carbons (Fsp3) is 0.619. The molecule has 2 aromatic rings. The summed E-state index contributed by atoms with van der Waals surface area (Å²) in [6.07, 6.45) is 7.39. The van der Waals surface area contributed by atoms with Gasteiger partial charge >= 0.3 is 0 Å². The molecule has 0 bridgehead atoms. The van der Waals surface area contributed by atoms with Gasteiger partial charge in [-0.05, 0) is 56.8 Å². The van der Waals surface area contributed by atoms with Crippen molar-refractivity contribution in [3.05, 3.63) is 41.5 Å². The van der Waals surface area contributed by atoms with E-state index in [9.17, 15) is 0 Å². The topological polar surface area (TPSA) is 43.2 Å². The Morgan fingerprint density at radius 2 is 2.08 bits per heavy atom. The Kier molecular flexibility index (Phi) is 5.54. The highest BCUT2D eigenvalue weighted by atomic mass is 16.5. The first-order chi connectivity index (χ1) is 12.8. The number of rotatable bonds is 5. The van der Waals surface area contributed by atoms with Gasteiger partial charge in [-0.3, -0.25) is 4.90 Å². The Morgan fingerprint density at radius 3 is 3.00 bits per heavy atom. The third-order valence-electron chi connectivity index (χ3n) is 5.67. The second-order valence-corrected chi connectivity index (χ2v) is 7.74. The summed E-state index contributed by atoms with van der Waals surface area (Å²) in [4.78, 5) is 2.53. The lowest BCUT2D eigenvalue weighted by Gasteiger charge is -2.32. The van der Waals surface area contributed by atoms with Gasteiger partial charge < -0.3 is 9.30 Å². The van der Waals surface area contributed by atoms with Gasteiger partial charge in [0.25, 0.3) is 0 Å². The molecule has 1 saturated heterocycles. The predicted molar refractivity (Wildman–Crippen MR) is 103 cm³/mol. The van der Waals surface area contributed by atoms with E-state index in [2.05, 4.69) is 44.8 Å². The van der Waals surface area contributed by atoms with Crippen LogP contribution >= 0.6 is 0 Å². The summed E-state index contributed by atoms with van der Waals surface area (Å²) in [5.41, 5.74) is 1.24. The van der Waals surface area contributed by atoms with Crippen LogP contribution in [0, 0.1) is 6.92 Å². The zero-order valence-corrected chi connectivity index (χ0v) is 15.9. The molecule has 2 aliphatic heterocycles. The molecule has 140 valence electrons. The number of aryl methyl sites for hydroxylation is 2. The number of benzene rings is 1. The molecule has 0 N–H and O–H groups in total. The molecule has 1 aromatic carbocycles. The third-order valence-corrected chi connectivity index (χ3v) is 5.67. The van der Waals surface area contributed by atoms with Gasteiger partial charge in [-0.15, -0.1) is 10.2 Å². The van der Waals surface area contributed by atoms with Crippen LogP contribution in [0.2, 0.25) is 0 Å². The second-order valence-electron chi connectivity index (χ2n) is 7.74. The number of likely N-dealkylation sites (tertiary alicyclic amines) is 1. The Morgan fingerprint density at radius 1 is 1.12 bits per heavy atom. The minimum atomic E-state index is 0.516. The van der Waals surface area contributed by atoms with Crippen LogP contribution in [0.15, 0.2) is 24.3 Å². The van der Waals surface area contributed by atoms with Crippen LogP contribution in [-0.2, 0) is 13.0 Å². The lowest BCUT2D eigenvalue weighted by atomic mass is 9.97. The van der Waals surface area contributed by atoms with Gasteiger partial charge in [0.2, 0.25) is 0 Å². The summed E-state index contributed by atoms with van der Waals surface area (Å²) >= 11 is 0. The van der Waals surface area contributed by atoms with E-state index in [4.69, 9.17) is 4.74 Å². The van der Waals surface area contributed by atoms with Crippen molar-refractivity contribution in [3.63, 3.8) is 0 Å². The van der Waals surface area contributed by atoms with E-state index in [0.29, 0.717) is 5.92 Å². The quantitative estimate of drug-likeness (QED) is 0.823. The molecular formula is C21H30N4O. The SMILES string of the molecule is Cc1cccc(OCCN2CCCC(c3nnc4n3CCCCC4)C2)c1. The van der Waals surface area contributed by atoms with E-state index in [0.717, 1.165) is 45.0 Å². The molecule has 0 spiro atoms. The van der Waals surface area contributed by atoms with Crippen molar-refractivity contribution >= 4 is 0 Å². The van der Waals surface area contributed by atoms with Gasteiger partial charge in [0.1, 0.15) is 24.0 Å². The molecule has 1 fully saturated rings. The zero-order chi connectivity index (χ0) is 17.8. The van der Waals surface area contributed by atoms with E-state index in [1.807, 2.05) is 6.07 Å². The molecular weight excluding hydrogens is 324 g/mol. The van der Waals surface area contributed by atoms with Crippen molar-refractivity contribution in [1.29, 1.82) is 0 Å². The van der Waals surface area contributed by atoms with Crippen molar-refractivity contribution in [2.75, 3.05) is 26.2 Å². The van der Waals surface area contributed by atoms with Crippen LogP contribution in [0.1, 0.15) is 55.2 Å². The van der Waals surface area contributed by atoms with Gasteiger partial charge in [-0.2, -0.15) is 0 Å². The van der Waals surface area contributed by atoms with Gasteiger partial charge in [0.15, 0.2) is 0 Å². The van der Waals surface area contributed by atoms with Crippen LogP contribution < -0.4 is 4.74 Å². The third kappa shape index (κ3) is 4.09. The van der Waals surface area contributed by atoms with E-state index >= 15 is 0 Å². The Bertz CT molecular complexity index is 727. The highest BCUT2D eigenvalue weighted by molar-refractivity contribution is 5.27. The Labute approximate surface area is 156 Å². The van der Waals surface area contributed by atoms with Gasteiger partial charge in [-0.1, -0.05) is 18.6 Å². The first-order valence-electron chi connectivity index (χ1n) is 10.1. The molecule has 0 aliphatic carbocycles. The number of hydrogen-bond acceptors (Lipinski definition) is 4. The fourth-order valence-electron chi connectivity index (χ4n) is 4.28. The summed E-state index contributed by atoms with van der Waals surface area (Å²) in [7, 11) is 0. The van der Waals surface area contributed by atoms with Crippen molar-refractivity contribution < 1.29 is 4.74 Å². The van der Waals surface area contributed by atoms with Crippen molar-refractivity contribution in [3.8, 4) is 5.75 Å². The minimum absolute atomic E-state index is 0.516. The van der Waals surface area contributed by atoms with E-state index in [1.165, 1.54) is 49.3 Å². The highest BCUT2D eigenvalue weighted by Gasteiger charge is 2.27. The molecule has 1 unspecified atom stereocenters. The summed E-state index contributed by atoms with van der Waals surface area (Å²) in [6, 6.07) is 8.30. The lowest BCUT2D eigenvalue weighted by Crippen LogP contribution is -2.38. The molecule has 26 heavy (non-hydrogen) atoms. The summed E-state index contributed by atoms with van der Waals surface area (Å²) in [6.45, 7) is 7.16. The van der Waals surface area contributed by atoms with Crippen molar-refractivity contribution in [2.45, 2.75) is 57.9 Å². The summed E-state index contributed by atoms with van der Waals surface area (Å²) in [5, 5.41) is 9.09. The lowest BCUT2D eigenvalue weighted by molar-refractivity contribution is 0.166. The largest absolute Gasteiger partial charge is 0.492 e. The molecule has 0 amide bonds. The molecule has 5 nitrogen and oxygen atoms in total. The minimum Gasteiger partial charge on any atom is -0.492 e. The van der Waals surface area contributed by atoms with E-state index in [-0.39, 0.29) is 0 Å². The Balaban J connectivity index is 1.34. The van der Waals surface area contributed by atoms with Crippen LogP contribution in [0.5, 0.6) is 5.75 Å². The molecule has 2 aliphatic rings. The monoisotopic (exact) mass is 354 g/mol. The van der Waals surface area contributed by atoms with E-state index < -0.39 is 0 Å². The van der Waals surface area contributed by atoms with Gasteiger partial charge in [-0.25, -0.2) is 0 Å². The standard InChI is InChI=1S/C21H30N4O/c1-17-7-5-9-19(15-17)26-14-13-24-11-6-8-18(16-24)21-23-22-20-10-3-2-4-12-25(20)21/h5,7,9,15,18H,2-4,6,8,10-14,16H2,1H3.